The van der Waals surface area contributed by atoms with Crippen LogP contribution in [0.2, 0.25) is 0 Å². The molecule has 3 nitrogen and oxygen atoms in total. The molecule has 142 valence electrons. The Balaban J connectivity index is 1.50. The molecular weight excluding hydrogens is 371 g/mol. The minimum Gasteiger partial charge on any atom is -0.365 e. The van der Waals surface area contributed by atoms with E-state index in [0.29, 0.717) is 12.1 Å². The van der Waals surface area contributed by atoms with E-state index in [4.69, 9.17) is 0 Å². The summed E-state index contributed by atoms with van der Waals surface area (Å²) in [5, 5.41) is 2.88. The predicted octanol–water partition coefficient (Wildman–Crippen LogP) is 4.87. The van der Waals surface area contributed by atoms with Crippen molar-refractivity contribution in [1.29, 1.82) is 0 Å². The number of amides is 1. The number of halogens is 1. The summed E-state index contributed by atoms with van der Waals surface area (Å²) in [6.45, 7) is 2.07. The minimum absolute atomic E-state index is 0.151. The molecule has 0 saturated carbocycles. The molecular formula is C23H21FN2OS. The maximum Gasteiger partial charge on any atom is 0.251 e. The summed E-state index contributed by atoms with van der Waals surface area (Å²) in [5.41, 5.74) is 3.71. The summed E-state index contributed by atoms with van der Waals surface area (Å²) >= 11 is 1.82. The third kappa shape index (κ3) is 4.37. The number of anilines is 1. The van der Waals surface area contributed by atoms with Crippen LogP contribution in [0.15, 0.2) is 77.7 Å². The van der Waals surface area contributed by atoms with Crippen LogP contribution in [0.25, 0.3) is 0 Å². The van der Waals surface area contributed by atoms with Crippen molar-refractivity contribution in [3.05, 3.63) is 95.3 Å². The van der Waals surface area contributed by atoms with Crippen LogP contribution in [-0.2, 0) is 13.1 Å². The van der Waals surface area contributed by atoms with Gasteiger partial charge in [-0.05, 0) is 41.5 Å². The molecule has 5 heteroatoms. The molecule has 0 radical (unpaired) electrons. The number of nitrogens with one attached hydrogen (secondary N) is 1. The Morgan fingerprint density at radius 1 is 1.00 bits per heavy atom. The van der Waals surface area contributed by atoms with Gasteiger partial charge in [0.2, 0.25) is 0 Å². The number of thioether (sulfide) groups is 1. The van der Waals surface area contributed by atoms with Crippen LogP contribution in [0.3, 0.4) is 0 Å². The normalized spacial score (nSPS) is 13.1. The number of benzene rings is 3. The van der Waals surface area contributed by atoms with Gasteiger partial charge in [0.25, 0.3) is 5.91 Å². The zero-order valence-corrected chi connectivity index (χ0v) is 16.2. The Hall–Kier alpha value is -2.79. The Bertz CT molecular complexity index is 977. The second kappa shape index (κ2) is 8.48. The van der Waals surface area contributed by atoms with E-state index >= 15 is 0 Å². The zero-order valence-electron chi connectivity index (χ0n) is 15.4. The fraction of sp³-hybridized carbons (Fsp3) is 0.174. The van der Waals surface area contributed by atoms with Crippen LogP contribution >= 0.6 is 11.8 Å². The van der Waals surface area contributed by atoms with Gasteiger partial charge in [-0.2, -0.15) is 0 Å². The molecule has 1 aliphatic heterocycles. The van der Waals surface area contributed by atoms with E-state index in [1.807, 2.05) is 48.2 Å². The first kappa shape index (κ1) is 18.6. The van der Waals surface area contributed by atoms with Gasteiger partial charge in [0, 0.05) is 35.8 Å². The quantitative estimate of drug-likeness (QED) is 0.672. The molecule has 0 saturated heterocycles. The molecule has 0 bridgehead atoms. The maximum absolute atomic E-state index is 13.3. The molecule has 0 spiro atoms. The van der Waals surface area contributed by atoms with Crippen molar-refractivity contribution in [2.75, 3.05) is 17.2 Å². The summed E-state index contributed by atoms with van der Waals surface area (Å²) in [4.78, 5) is 16.1. The van der Waals surface area contributed by atoms with Crippen molar-refractivity contribution in [1.82, 2.24) is 5.32 Å². The third-order valence-corrected chi connectivity index (χ3v) is 5.78. The average Bonchev–Trinajstić information content (AvgIpc) is 2.73. The fourth-order valence-electron chi connectivity index (χ4n) is 3.31. The van der Waals surface area contributed by atoms with Crippen LogP contribution in [0, 0.1) is 5.82 Å². The molecule has 28 heavy (non-hydrogen) atoms. The Morgan fingerprint density at radius 3 is 2.64 bits per heavy atom. The first-order chi connectivity index (χ1) is 13.7. The van der Waals surface area contributed by atoms with Crippen molar-refractivity contribution in [3.8, 4) is 0 Å². The molecule has 1 amide bonds. The van der Waals surface area contributed by atoms with Gasteiger partial charge in [-0.1, -0.05) is 42.5 Å². The van der Waals surface area contributed by atoms with Gasteiger partial charge in [0.1, 0.15) is 5.82 Å². The molecule has 0 fully saturated rings. The highest BCUT2D eigenvalue weighted by atomic mass is 32.2. The highest BCUT2D eigenvalue weighted by Gasteiger charge is 2.19. The lowest BCUT2D eigenvalue weighted by atomic mass is 10.1. The lowest BCUT2D eigenvalue weighted by Gasteiger charge is -2.31. The van der Waals surface area contributed by atoms with E-state index in [0.717, 1.165) is 30.1 Å². The molecule has 3 aromatic rings. The lowest BCUT2D eigenvalue weighted by molar-refractivity contribution is 0.0951. The molecule has 0 aromatic heterocycles. The molecule has 1 N–H and O–H groups in total. The SMILES string of the molecule is O=C(NCc1cccc(F)c1)c1ccc2c(c1)N(Cc1ccccc1)CCS2. The molecule has 1 aliphatic rings. The van der Waals surface area contributed by atoms with E-state index in [1.54, 1.807) is 12.1 Å². The molecule has 4 rings (SSSR count). The second-order valence-electron chi connectivity index (χ2n) is 6.75. The molecule has 3 aromatic carbocycles. The standard InChI is InChI=1S/C23H21FN2OS/c24-20-8-4-7-18(13-20)15-25-23(27)19-9-10-22-21(14-19)26(11-12-28-22)16-17-5-2-1-3-6-17/h1-10,13-14H,11-12,15-16H2,(H,25,27). The van der Waals surface area contributed by atoms with Crippen molar-refractivity contribution in [2.24, 2.45) is 0 Å². The summed E-state index contributed by atoms with van der Waals surface area (Å²) in [7, 11) is 0. The Labute approximate surface area is 168 Å². The molecule has 1 heterocycles. The van der Waals surface area contributed by atoms with Crippen molar-refractivity contribution < 1.29 is 9.18 Å². The van der Waals surface area contributed by atoms with Crippen molar-refractivity contribution in [2.45, 2.75) is 18.0 Å². The van der Waals surface area contributed by atoms with Gasteiger partial charge in [0.15, 0.2) is 0 Å². The minimum atomic E-state index is -0.297. The molecule has 0 atom stereocenters. The lowest BCUT2D eigenvalue weighted by Crippen LogP contribution is -2.29. The largest absolute Gasteiger partial charge is 0.365 e. The number of fused-ring (bicyclic) bond motifs is 1. The third-order valence-electron chi connectivity index (χ3n) is 4.74. The number of rotatable bonds is 5. The van der Waals surface area contributed by atoms with E-state index < -0.39 is 0 Å². The van der Waals surface area contributed by atoms with Crippen LogP contribution in [0.1, 0.15) is 21.5 Å². The number of nitrogens with zero attached hydrogens (tertiary/aromatic N) is 1. The van der Waals surface area contributed by atoms with Crippen LogP contribution in [0.4, 0.5) is 10.1 Å². The van der Waals surface area contributed by atoms with Gasteiger partial charge in [0.05, 0.1) is 5.69 Å². The highest BCUT2D eigenvalue weighted by molar-refractivity contribution is 7.99. The zero-order chi connectivity index (χ0) is 19.3. The van der Waals surface area contributed by atoms with E-state index in [1.165, 1.54) is 22.6 Å². The number of hydrogen-bond acceptors (Lipinski definition) is 3. The number of carbonyl (C=O) groups excluding carboxylic acids is 1. The monoisotopic (exact) mass is 392 g/mol. The summed E-state index contributed by atoms with van der Waals surface area (Å²) in [5.74, 6) is 0.585. The maximum atomic E-state index is 13.3. The number of carbonyl (C=O) groups is 1. The van der Waals surface area contributed by atoms with E-state index in [-0.39, 0.29) is 11.7 Å². The van der Waals surface area contributed by atoms with Crippen LogP contribution in [0.5, 0.6) is 0 Å². The summed E-state index contributed by atoms with van der Waals surface area (Å²) in [6, 6.07) is 22.5. The Morgan fingerprint density at radius 2 is 1.82 bits per heavy atom. The van der Waals surface area contributed by atoms with Crippen molar-refractivity contribution >= 4 is 23.4 Å². The average molecular weight is 392 g/mol. The van der Waals surface area contributed by atoms with Gasteiger partial charge >= 0.3 is 0 Å². The van der Waals surface area contributed by atoms with Crippen molar-refractivity contribution in [3.63, 3.8) is 0 Å². The van der Waals surface area contributed by atoms with E-state index in [2.05, 4.69) is 22.3 Å². The summed E-state index contributed by atoms with van der Waals surface area (Å²) < 4.78 is 13.3. The van der Waals surface area contributed by atoms with Crippen LogP contribution < -0.4 is 10.2 Å². The Kier molecular flexibility index (Phi) is 5.63. The topological polar surface area (TPSA) is 32.3 Å². The second-order valence-corrected chi connectivity index (χ2v) is 7.89. The molecule has 0 unspecified atom stereocenters. The summed E-state index contributed by atoms with van der Waals surface area (Å²) in [6.07, 6.45) is 0. The van der Waals surface area contributed by atoms with Gasteiger partial charge < -0.3 is 10.2 Å². The fourth-order valence-corrected chi connectivity index (χ4v) is 4.35. The smallest absolute Gasteiger partial charge is 0.251 e. The van der Waals surface area contributed by atoms with Gasteiger partial charge in [-0.25, -0.2) is 4.39 Å². The number of hydrogen-bond donors (Lipinski definition) is 1. The first-order valence-corrected chi connectivity index (χ1v) is 10.3. The highest BCUT2D eigenvalue weighted by Crippen LogP contribution is 2.36. The van der Waals surface area contributed by atoms with Gasteiger partial charge in [-0.15, -0.1) is 11.8 Å². The first-order valence-electron chi connectivity index (χ1n) is 9.27. The van der Waals surface area contributed by atoms with Crippen LogP contribution in [-0.4, -0.2) is 18.2 Å². The predicted molar refractivity (Wildman–Crippen MR) is 112 cm³/mol. The van der Waals surface area contributed by atoms with Gasteiger partial charge in [-0.3, -0.25) is 4.79 Å². The van der Waals surface area contributed by atoms with E-state index in [9.17, 15) is 9.18 Å². The molecule has 0 aliphatic carbocycles.